The van der Waals surface area contributed by atoms with Crippen molar-refractivity contribution in [2.75, 3.05) is 5.32 Å². The van der Waals surface area contributed by atoms with Crippen molar-refractivity contribution in [2.24, 2.45) is 0 Å². The van der Waals surface area contributed by atoms with Crippen LogP contribution in [0.5, 0.6) is 0 Å². The van der Waals surface area contributed by atoms with Gasteiger partial charge in [-0.15, -0.1) is 0 Å². The second-order valence-electron chi connectivity index (χ2n) is 5.17. The van der Waals surface area contributed by atoms with E-state index in [1.807, 2.05) is 4.72 Å². The lowest BCUT2D eigenvalue weighted by Crippen LogP contribution is -2.28. The number of hydrogen-bond donors (Lipinski definition) is 2. The molecule has 0 bridgehead atoms. The molecule has 2 N–H and O–H groups in total. The summed E-state index contributed by atoms with van der Waals surface area (Å²) in [5, 5.41) is 3.49. The zero-order chi connectivity index (χ0) is 19.3. The third-order valence-electron chi connectivity index (χ3n) is 3.09. The van der Waals surface area contributed by atoms with E-state index in [1.165, 1.54) is 36.4 Å². The van der Waals surface area contributed by atoms with E-state index in [1.54, 1.807) is 18.2 Å². The standard InChI is InChI=1S/C17H14Cl2N2O4S/c1-11(22)21-26(24,25)15-7-5-14(6-8-15)20-17(23)9-3-12-2-4-13(18)10-16(12)19/h2-10H,1H3,(H,20,23)(H,21,22). The van der Waals surface area contributed by atoms with Crippen LogP contribution in [0.4, 0.5) is 5.69 Å². The first-order valence-electron chi connectivity index (χ1n) is 7.25. The minimum Gasteiger partial charge on any atom is -0.323 e. The van der Waals surface area contributed by atoms with Gasteiger partial charge in [-0.25, -0.2) is 13.1 Å². The Morgan fingerprint density at radius 3 is 2.27 bits per heavy atom. The highest BCUT2D eigenvalue weighted by atomic mass is 35.5. The molecule has 2 amide bonds. The molecule has 0 saturated carbocycles. The lowest BCUT2D eigenvalue weighted by molar-refractivity contribution is -0.117. The summed E-state index contributed by atoms with van der Waals surface area (Å²) in [7, 11) is -3.91. The summed E-state index contributed by atoms with van der Waals surface area (Å²) in [6, 6.07) is 10.3. The molecule has 0 unspecified atom stereocenters. The molecule has 136 valence electrons. The molecule has 2 aromatic rings. The number of benzene rings is 2. The summed E-state index contributed by atoms with van der Waals surface area (Å²) in [5.41, 5.74) is 1.02. The van der Waals surface area contributed by atoms with Crippen molar-refractivity contribution < 1.29 is 18.0 Å². The molecule has 0 radical (unpaired) electrons. The molecule has 2 aromatic carbocycles. The van der Waals surface area contributed by atoms with Crippen LogP contribution in [-0.4, -0.2) is 20.2 Å². The molecule has 0 atom stereocenters. The summed E-state index contributed by atoms with van der Waals surface area (Å²) in [6.07, 6.45) is 2.82. The van der Waals surface area contributed by atoms with Crippen molar-refractivity contribution >= 4 is 56.8 Å². The summed E-state index contributed by atoms with van der Waals surface area (Å²) < 4.78 is 25.5. The number of rotatable bonds is 5. The number of carbonyl (C=O) groups is 2. The average Bonchev–Trinajstić information content (AvgIpc) is 2.53. The fourth-order valence-electron chi connectivity index (χ4n) is 1.95. The molecule has 0 spiro atoms. The highest BCUT2D eigenvalue weighted by Crippen LogP contribution is 2.22. The van der Waals surface area contributed by atoms with Gasteiger partial charge in [-0.3, -0.25) is 9.59 Å². The van der Waals surface area contributed by atoms with E-state index >= 15 is 0 Å². The maximum absolute atomic E-state index is 11.9. The second kappa shape index (κ2) is 8.35. The number of amides is 2. The van der Waals surface area contributed by atoms with Gasteiger partial charge >= 0.3 is 0 Å². The Hall–Kier alpha value is -2.35. The molecule has 0 aliphatic heterocycles. The molecule has 26 heavy (non-hydrogen) atoms. The Bertz CT molecular complexity index is 971. The first kappa shape index (κ1) is 20.0. The number of carbonyl (C=O) groups excluding carboxylic acids is 2. The third-order valence-corrected chi connectivity index (χ3v) is 5.10. The van der Waals surface area contributed by atoms with Gasteiger partial charge in [0.25, 0.3) is 10.0 Å². The predicted octanol–water partition coefficient (Wildman–Crippen LogP) is 3.47. The summed E-state index contributed by atoms with van der Waals surface area (Å²) in [5.74, 6) is -1.11. The van der Waals surface area contributed by atoms with Crippen LogP contribution < -0.4 is 10.0 Å². The Labute approximate surface area is 160 Å². The van der Waals surface area contributed by atoms with Crippen LogP contribution in [-0.2, 0) is 19.6 Å². The topological polar surface area (TPSA) is 92.3 Å². The van der Waals surface area contributed by atoms with E-state index in [2.05, 4.69) is 5.32 Å². The Morgan fingerprint density at radius 1 is 1.04 bits per heavy atom. The van der Waals surface area contributed by atoms with E-state index in [4.69, 9.17) is 23.2 Å². The minimum absolute atomic E-state index is 0.0887. The Morgan fingerprint density at radius 2 is 1.69 bits per heavy atom. The van der Waals surface area contributed by atoms with E-state index in [9.17, 15) is 18.0 Å². The quantitative estimate of drug-likeness (QED) is 0.735. The van der Waals surface area contributed by atoms with Crippen molar-refractivity contribution in [1.82, 2.24) is 4.72 Å². The van der Waals surface area contributed by atoms with E-state index < -0.39 is 21.8 Å². The molecule has 9 heteroatoms. The van der Waals surface area contributed by atoms with Crippen LogP contribution in [0, 0.1) is 0 Å². The van der Waals surface area contributed by atoms with Crippen LogP contribution in [0.15, 0.2) is 53.4 Å². The highest BCUT2D eigenvalue weighted by molar-refractivity contribution is 7.90. The van der Waals surface area contributed by atoms with Crippen molar-refractivity contribution in [3.05, 3.63) is 64.1 Å². The Balaban J connectivity index is 2.05. The number of hydrogen-bond acceptors (Lipinski definition) is 4. The average molecular weight is 413 g/mol. The van der Waals surface area contributed by atoms with Gasteiger partial charge in [0.05, 0.1) is 4.90 Å². The number of anilines is 1. The summed E-state index contributed by atoms with van der Waals surface area (Å²) in [4.78, 5) is 22.8. The predicted molar refractivity (Wildman–Crippen MR) is 102 cm³/mol. The van der Waals surface area contributed by atoms with E-state index in [-0.39, 0.29) is 4.90 Å². The maximum Gasteiger partial charge on any atom is 0.264 e. The molecule has 0 heterocycles. The molecular formula is C17H14Cl2N2O4S. The number of halogens is 2. The zero-order valence-electron chi connectivity index (χ0n) is 13.5. The lowest BCUT2D eigenvalue weighted by Gasteiger charge is -2.06. The lowest BCUT2D eigenvalue weighted by atomic mass is 10.2. The highest BCUT2D eigenvalue weighted by Gasteiger charge is 2.15. The monoisotopic (exact) mass is 412 g/mol. The Kier molecular flexibility index (Phi) is 6.42. The van der Waals surface area contributed by atoms with Gasteiger partial charge in [-0.2, -0.15) is 0 Å². The molecular weight excluding hydrogens is 399 g/mol. The molecule has 0 aromatic heterocycles. The third kappa shape index (κ3) is 5.59. The van der Waals surface area contributed by atoms with Gasteiger partial charge in [0.2, 0.25) is 11.8 Å². The van der Waals surface area contributed by atoms with Gasteiger partial charge in [-0.05, 0) is 48.0 Å². The maximum atomic E-state index is 11.9. The van der Waals surface area contributed by atoms with Crippen LogP contribution in [0.25, 0.3) is 6.08 Å². The molecule has 0 saturated heterocycles. The summed E-state index contributed by atoms with van der Waals surface area (Å²) in [6.45, 7) is 1.10. The van der Waals surface area contributed by atoms with Gasteiger partial charge in [0.15, 0.2) is 0 Å². The molecule has 2 rings (SSSR count). The second-order valence-corrected chi connectivity index (χ2v) is 7.70. The van der Waals surface area contributed by atoms with Gasteiger partial charge < -0.3 is 5.32 Å². The normalized spacial score (nSPS) is 11.3. The largest absolute Gasteiger partial charge is 0.323 e. The molecule has 0 fully saturated rings. The van der Waals surface area contributed by atoms with Crippen LogP contribution in [0.2, 0.25) is 10.0 Å². The van der Waals surface area contributed by atoms with Gasteiger partial charge in [0, 0.05) is 28.7 Å². The van der Waals surface area contributed by atoms with Gasteiger partial charge in [0.1, 0.15) is 0 Å². The summed E-state index contributed by atoms with van der Waals surface area (Å²) >= 11 is 11.8. The first-order valence-corrected chi connectivity index (χ1v) is 9.49. The van der Waals surface area contributed by atoms with Crippen LogP contribution in [0.3, 0.4) is 0 Å². The SMILES string of the molecule is CC(=O)NS(=O)(=O)c1ccc(NC(=O)C=Cc2ccc(Cl)cc2Cl)cc1. The number of nitrogens with one attached hydrogen (secondary N) is 2. The number of sulfonamides is 1. The van der Waals surface area contributed by atoms with Crippen molar-refractivity contribution in [1.29, 1.82) is 0 Å². The fourth-order valence-corrected chi connectivity index (χ4v) is 3.41. The smallest absolute Gasteiger partial charge is 0.264 e. The molecule has 6 nitrogen and oxygen atoms in total. The van der Waals surface area contributed by atoms with E-state index in [0.29, 0.717) is 21.3 Å². The molecule has 0 aliphatic rings. The van der Waals surface area contributed by atoms with E-state index in [0.717, 1.165) is 6.92 Å². The van der Waals surface area contributed by atoms with Crippen LogP contribution >= 0.6 is 23.2 Å². The first-order chi connectivity index (χ1) is 12.2. The van der Waals surface area contributed by atoms with Crippen molar-refractivity contribution in [3.63, 3.8) is 0 Å². The fraction of sp³-hybridized carbons (Fsp3) is 0.0588. The zero-order valence-corrected chi connectivity index (χ0v) is 15.8. The van der Waals surface area contributed by atoms with Crippen molar-refractivity contribution in [3.8, 4) is 0 Å². The van der Waals surface area contributed by atoms with Gasteiger partial charge in [-0.1, -0.05) is 29.3 Å². The minimum atomic E-state index is -3.91. The van der Waals surface area contributed by atoms with Crippen molar-refractivity contribution in [2.45, 2.75) is 11.8 Å². The van der Waals surface area contributed by atoms with Crippen LogP contribution in [0.1, 0.15) is 12.5 Å². The molecule has 0 aliphatic carbocycles.